The summed E-state index contributed by atoms with van der Waals surface area (Å²) >= 11 is 0. The largest absolute Gasteiger partial charge is 0.458 e. The van der Waals surface area contributed by atoms with E-state index in [1.54, 1.807) is 0 Å². The molecule has 10 heteroatoms. The van der Waals surface area contributed by atoms with Crippen LogP contribution in [-0.2, 0) is 27.2 Å². The van der Waals surface area contributed by atoms with Gasteiger partial charge in [-0.1, -0.05) is 18.2 Å². The number of para-hydroxylation sites is 1. The Balaban J connectivity index is 1.66. The highest BCUT2D eigenvalue weighted by molar-refractivity contribution is 6.03. The molecular formula is C32H49N7O3. The van der Waals surface area contributed by atoms with E-state index in [2.05, 4.69) is 38.0 Å². The first-order valence-electron chi connectivity index (χ1n) is 15.1. The summed E-state index contributed by atoms with van der Waals surface area (Å²) in [5, 5.41) is 9.42. The second-order valence-electron chi connectivity index (χ2n) is 11.8. The molecule has 0 saturated heterocycles. The number of nitrogens with one attached hydrogen (secondary N) is 3. The third-order valence-corrected chi connectivity index (χ3v) is 7.08. The number of aromatic nitrogens is 1. The maximum atomic E-state index is 13.2. The zero-order valence-electron chi connectivity index (χ0n) is 26.0. The number of aliphatic imine (C=N–C) groups is 1. The van der Waals surface area contributed by atoms with Crippen LogP contribution < -0.4 is 21.7 Å². The van der Waals surface area contributed by atoms with Crippen LogP contribution >= 0.6 is 0 Å². The van der Waals surface area contributed by atoms with Crippen molar-refractivity contribution < 1.29 is 14.3 Å². The number of fused-ring (bicyclic) bond motifs is 1. The summed E-state index contributed by atoms with van der Waals surface area (Å²) in [5.74, 6) is 0.851. The van der Waals surface area contributed by atoms with Crippen LogP contribution in [0.25, 0.3) is 0 Å². The molecular weight excluding hydrogens is 530 g/mol. The number of benzene rings is 1. The van der Waals surface area contributed by atoms with E-state index in [-0.39, 0.29) is 11.7 Å². The fourth-order valence-corrected chi connectivity index (χ4v) is 4.95. The van der Waals surface area contributed by atoms with Crippen LogP contribution in [0.1, 0.15) is 70.2 Å². The molecule has 1 amide bonds. The fourth-order valence-electron chi connectivity index (χ4n) is 4.95. The Morgan fingerprint density at radius 3 is 2.67 bits per heavy atom. The lowest BCUT2D eigenvalue weighted by molar-refractivity contribution is -0.156. The van der Waals surface area contributed by atoms with Crippen molar-refractivity contribution >= 4 is 29.2 Å². The number of ether oxygens (including phenoxy) is 1. The molecule has 3 rings (SSSR count). The number of carbonyl (C=O) groups is 2. The summed E-state index contributed by atoms with van der Waals surface area (Å²) in [6.07, 6.45) is 5.53. The minimum absolute atomic E-state index is 0.0609. The van der Waals surface area contributed by atoms with Crippen molar-refractivity contribution in [3.05, 3.63) is 53.2 Å². The van der Waals surface area contributed by atoms with Crippen LogP contribution in [0.2, 0.25) is 0 Å². The van der Waals surface area contributed by atoms with Crippen LogP contribution in [0, 0.1) is 0 Å². The van der Waals surface area contributed by atoms with Gasteiger partial charge in [0.2, 0.25) is 5.91 Å². The van der Waals surface area contributed by atoms with Crippen LogP contribution in [0.5, 0.6) is 0 Å². The number of unbranched alkanes of at least 4 members (excludes halogenated alkanes) is 1. The number of hydrogen-bond donors (Lipinski definition) is 4. The van der Waals surface area contributed by atoms with Gasteiger partial charge in [-0.15, -0.1) is 0 Å². The lowest BCUT2D eigenvalue weighted by Crippen LogP contribution is -2.38. The van der Waals surface area contributed by atoms with Gasteiger partial charge in [-0.2, -0.15) is 0 Å². The van der Waals surface area contributed by atoms with Crippen molar-refractivity contribution in [2.45, 2.75) is 77.9 Å². The number of nitrogens with two attached hydrogens (primary N) is 1. The Hall–Kier alpha value is -3.66. The topological polar surface area (TPSA) is 134 Å². The van der Waals surface area contributed by atoms with Crippen molar-refractivity contribution in [1.29, 1.82) is 0 Å². The van der Waals surface area contributed by atoms with Gasteiger partial charge in [-0.3, -0.25) is 9.79 Å². The summed E-state index contributed by atoms with van der Waals surface area (Å²) in [4.78, 5) is 36.5. The molecule has 42 heavy (non-hydrogen) atoms. The SMILES string of the molecule is CNc1ccccc1C(N)=N[C@@H](CCN(CCCCc1ccc2c(n1)NCCC2)CCNC(C)=O)C(=O)OC(C)(C)C. The number of amides is 1. The van der Waals surface area contributed by atoms with Crippen LogP contribution in [0.4, 0.5) is 11.5 Å². The second kappa shape index (κ2) is 16.1. The fraction of sp³-hybridized carbons (Fsp3) is 0.562. The monoisotopic (exact) mass is 579 g/mol. The van der Waals surface area contributed by atoms with Gasteiger partial charge in [0, 0.05) is 57.1 Å². The van der Waals surface area contributed by atoms with Crippen LogP contribution in [-0.4, -0.2) is 79.0 Å². The van der Waals surface area contributed by atoms with Crippen molar-refractivity contribution in [3.8, 4) is 0 Å². The molecule has 230 valence electrons. The predicted octanol–water partition coefficient (Wildman–Crippen LogP) is 3.75. The lowest BCUT2D eigenvalue weighted by Gasteiger charge is -2.26. The predicted molar refractivity (Wildman–Crippen MR) is 170 cm³/mol. The molecule has 0 saturated carbocycles. The molecule has 5 N–H and O–H groups in total. The molecule has 0 unspecified atom stereocenters. The van der Waals surface area contributed by atoms with Gasteiger partial charge < -0.3 is 31.3 Å². The van der Waals surface area contributed by atoms with Gasteiger partial charge >= 0.3 is 5.97 Å². The van der Waals surface area contributed by atoms with E-state index in [1.807, 2.05) is 52.1 Å². The van der Waals surface area contributed by atoms with Crippen molar-refractivity contribution in [3.63, 3.8) is 0 Å². The molecule has 1 atom stereocenters. The molecule has 0 aliphatic carbocycles. The maximum Gasteiger partial charge on any atom is 0.331 e. The molecule has 1 aliphatic heterocycles. The molecule has 0 spiro atoms. The number of anilines is 2. The van der Waals surface area contributed by atoms with Gasteiger partial charge in [0.25, 0.3) is 0 Å². The van der Waals surface area contributed by atoms with Gasteiger partial charge in [-0.05, 0) is 89.6 Å². The molecule has 1 aromatic carbocycles. The minimum atomic E-state index is -0.760. The van der Waals surface area contributed by atoms with Gasteiger partial charge in [0.1, 0.15) is 17.3 Å². The van der Waals surface area contributed by atoms with E-state index in [0.717, 1.165) is 68.0 Å². The third kappa shape index (κ3) is 11.0. The highest BCUT2D eigenvalue weighted by Gasteiger charge is 2.26. The van der Waals surface area contributed by atoms with Crippen molar-refractivity contribution in [2.75, 3.05) is 50.4 Å². The van der Waals surface area contributed by atoms with Gasteiger partial charge in [-0.25, -0.2) is 9.78 Å². The highest BCUT2D eigenvalue weighted by Crippen LogP contribution is 2.21. The summed E-state index contributed by atoms with van der Waals surface area (Å²) < 4.78 is 5.72. The summed E-state index contributed by atoms with van der Waals surface area (Å²) in [6, 6.07) is 11.2. The van der Waals surface area contributed by atoms with Crippen molar-refractivity contribution in [2.24, 2.45) is 10.7 Å². The minimum Gasteiger partial charge on any atom is -0.458 e. The first-order valence-corrected chi connectivity index (χ1v) is 15.1. The standard InChI is InChI=1S/C32H49N7O3/c1-23(40)35-19-22-39(20-9-8-12-25-16-15-24-11-10-18-36-30(24)37-25)21-17-28(31(41)42-32(2,3)4)38-29(33)26-13-6-7-14-27(26)34-5/h6-7,13-16,28,34H,8-12,17-22H2,1-5H3,(H2,33,38)(H,35,40)(H,36,37)/t28-/m0/s1. The number of carbonyl (C=O) groups excluding carboxylic acids is 2. The quantitative estimate of drug-likeness (QED) is 0.109. The zero-order chi connectivity index (χ0) is 30.5. The Kier molecular flexibility index (Phi) is 12.6. The average Bonchev–Trinajstić information content (AvgIpc) is 2.95. The van der Waals surface area contributed by atoms with E-state index in [9.17, 15) is 9.59 Å². The number of amidine groups is 1. The zero-order valence-corrected chi connectivity index (χ0v) is 26.0. The smallest absolute Gasteiger partial charge is 0.331 e. The molecule has 10 nitrogen and oxygen atoms in total. The molecule has 2 heterocycles. The Labute approximate surface area is 250 Å². The van der Waals surface area contributed by atoms with Gasteiger partial charge in [0.05, 0.1) is 0 Å². The number of rotatable bonds is 15. The Bertz CT molecular complexity index is 1210. The molecule has 1 aromatic heterocycles. The number of nitrogens with zero attached hydrogens (tertiary/aromatic N) is 3. The summed E-state index contributed by atoms with van der Waals surface area (Å²) in [6.45, 7) is 10.7. The molecule has 0 bridgehead atoms. The van der Waals surface area contributed by atoms with E-state index in [1.165, 1.54) is 12.5 Å². The van der Waals surface area contributed by atoms with Gasteiger partial charge in [0.15, 0.2) is 6.04 Å². The number of aryl methyl sites for hydroxylation is 2. The average molecular weight is 580 g/mol. The summed E-state index contributed by atoms with van der Waals surface area (Å²) in [7, 11) is 1.82. The number of hydrogen-bond acceptors (Lipinski definition) is 8. The maximum absolute atomic E-state index is 13.2. The van der Waals surface area contributed by atoms with Crippen molar-refractivity contribution in [1.82, 2.24) is 15.2 Å². The Morgan fingerprint density at radius 1 is 1.14 bits per heavy atom. The lowest BCUT2D eigenvalue weighted by atomic mass is 10.1. The van der Waals surface area contributed by atoms with Crippen LogP contribution in [0.3, 0.4) is 0 Å². The Morgan fingerprint density at radius 2 is 1.93 bits per heavy atom. The van der Waals surface area contributed by atoms with E-state index in [0.29, 0.717) is 26.1 Å². The first-order chi connectivity index (χ1) is 20.1. The second-order valence-corrected chi connectivity index (χ2v) is 11.8. The molecule has 1 aliphatic rings. The number of esters is 1. The molecule has 2 aromatic rings. The van der Waals surface area contributed by atoms with Crippen LogP contribution in [0.15, 0.2) is 41.4 Å². The highest BCUT2D eigenvalue weighted by atomic mass is 16.6. The number of pyridine rings is 1. The van der Waals surface area contributed by atoms with E-state index >= 15 is 0 Å². The van der Waals surface area contributed by atoms with E-state index in [4.69, 9.17) is 15.5 Å². The third-order valence-electron chi connectivity index (χ3n) is 7.08. The molecule has 0 fully saturated rings. The van der Waals surface area contributed by atoms with E-state index < -0.39 is 17.6 Å². The normalized spacial score (nSPS) is 14.1. The molecule has 0 radical (unpaired) electrons. The summed E-state index contributed by atoms with van der Waals surface area (Å²) in [5.41, 5.74) is 9.75. The first kappa shape index (κ1) is 32.8.